The summed E-state index contributed by atoms with van der Waals surface area (Å²) in [6, 6.07) is 12.9. The number of hydrogen-bond acceptors (Lipinski definition) is 4. The van der Waals surface area contributed by atoms with Gasteiger partial charge in [0.15, 0.2) is 22.4 Å². The third-order valence-corrected chi connectivity index (χ3v) is 5.23. The predicted octanol–water partition coefficient (Wildman–Crippen LogP) is 3.99. The maximum Gasteiger partial charge on any atom is 0.171 e. The molecule has 1 aliphatic rings. The molecule has 0 bridgehead atoms. The molecule has 3 rings (SSSR count). The van der Waals surface area contributed by atoms with Gasteiger partial charge in [-0.15, -0.1) is 0 Å². The maximum atomic E-state index is 12.6. The molecule has 1 atom stereocenters. The topological polar surface area (TPSA) is 59.6 Å². The van der Waals surface area contributed by atoms with Crippen molar-refractivity contribution in [3.05, 3.63) is 63.6 Å². The Morgan fingerprint density at radius 2 is 1.74 bits per heavy atom. The first-order chi connectivity index (χ1) is 13.0. The Bertz CT molecular complexity index is 928. The number of methoxy groups -OCH3 is 2. The van der Waals surface area contributed by atoms with Crippen LogP contribution >= 0.6 is 28.1 Å². The van der Waals surface area contributed by atoms with Crippen LogP contribution in [0, 0.1) is 0 Å². The van der Waals surface area contributed by atoms with Crippen molar-refractivity contribution in [3.8, 4) is 11.5 Å². The lowest BCUT2D eigenvalue weighted by atomic mass is 9.90. The molecule has 0 radical (unpaired) electrons. The van der Waals surface area contributed by atoms with Gasteiger partial charge in [0.05, 0.1) is 26.0 Å². The molecule has 0 saturated heterocycles. The molecule has 1 aliphatic heterocycles. The second-order valence-corrected chi connectivity index (χ2v) is 7.23. The number of ketones is 1. The van der Waals surface area contributed by atoms with Crippen LogP contribution in [0.4, 0.5) is 0 Å². The molecule has 1 unspecified atom stereocenters. The minimum atomic E-state index is -0.430. The van der Waals surface area contributed by atoms with Crippen molar-refractivity contribution in [1.82, 2.24) is 10.6 Å². The fourth-order valence-corrected chi connectivity index (χ4v) is 3.87. The van der Waals surface area contributed by atoms with Gasteiger partial charge in [-0.2, -0.15) is 0 Å². The molecule has 27 heavy (non-hydrogen) atoms. The Morgan fingerprint density at radius 1 is 1.11 bits per heavy atom. The number of thiocarbonyl (C=S) groups is 1. The zero-order chi connectivity index (χ0) is 19.6. The third-order valence-electron chi connectivity index (χ3n) is 4.33. The minimum absolute atomic E-state index is 0.0527. The van der Waals surface area contributed by atoms with Gasteiger partial charge in [0.1, 0.15) is 0 Å². The summed E-state index contributed by atoms with van der Waals surface area (Å²) in [7, 11) is 3.16. The van der Waals surface area contributed by atoms with E-state index in [0.717, 1.165) is 15.6 Å². The van der Waals surface area contributed by atoms with E-state index in [1.165, 1.54) is 0 Å². The SMILES string of the molecule is COc1cc(Br)c(C2NC(=S)NC(c3ccccc3)=C2C(C)=O)cc1OC. The summed E-state index contributed by atoms with van der Waals surface area (Å²) in [4.78, 5) is 12.6. The average molecular weight is 447 g/mol. The molecule has 0 spiro atoms. The van der Waals surface area contributed by atoms with E-state index >= 15 is 0 Å². The molecule has 0 fully saturated rings. The van der Waals surface area contributed by atoms with E-state index < -0.39 is 6.04 Å². The number of halogens is 1. The van der Waals surface area contributed by atoms with Gasteiger partial charge in [-0.25, -0.2) is 0 Å². The molecule has 7 heteroatoms. The van der Waals surface area contributed by atoms with E-state index in [1.54, 1.807) is 21.1 Å². The van der Waals surface area contributed by atoms with E-state index in [1.807, 2.05) is 42.5 Å². The average Bonchev–Trinajstić information content (AvgIpc) is 2.67. The van der Waals surface area contributed by atoms with Crippen molar-refractivity contribution in [2.45, 2.75) is 13.0 Å². The molecule has 0 aliphatic carbocycles. The van der Waals surface area contributed by atoms with Crippen molar-refractivity contribution in [1.29, 1.82) is 0 Å². The van der Waals surface area contributed by atoms with Gasteiger partial charge in [-0.05, 0) is 42.4 Å². The summed E-state index contributed by atoms with van der Waals surface area (Å²) in [6.07, 6.45) is 0. The number of carbonyl (C=O) groups is 1. The van der Waals surface area contributed by atoms with Gasteiger partial charge in [0, 0.05) is 10.0 Å². The normalized spacial score (nSPS) is 16.4. The van der Waals surface area contributed by atoms with Crippen LogP contribution in [-0.2, 0) is 4.79 Å². The number of hydrogen-bond donors (Lipinski definition) is 2. The lowest BCUT2D eigenvalue weighted by Crippen LogP contribution is -2.44. The summed E-state index contributed by atoms with van der Waals surface area (Å²) >= 11 is 9.00. The molecular formula is C20H19BrN2O3S. The van der Waals surface area contributed by atoms with Gasteiger partial charge < -0.3 is 20.1 Å². The molecule has 5 nitrogen and oxygen atoms in total. The van der Waals surface area contributed by atoms with Crippen LogP contribution in [0.1, 0.15) is 24.1 Å². The van der Waals surface area contributed by atoms with Crippen LogP contribution < -0.4 is 20.1 Å². The van der Waals surface area contributed by atoms with Crippen LogP contribution in [0.15, 0.2) is 52.5 Å². The van der Waals surface area contributed by atoms with Gasteiger partial charge in [-0.1, -0.05) is 46.3 Å². The molecular weight excluding hydrogens is 428 g/mol. The maximum absolute atomic E-state index is 12.6. The molecule has 0 amide bonds. The van der Waals surface area contributed by atoms with Crippen molar-refractivity contribution in [2.24, 2.45) is 0 Å². The largest absolute Gasteiger partial charge is 0.493 e. The second kappa shape index (κ2) is 8.10. The fraction of sp³-hybridized carbons (Fsp3) is 0.200. The highest BCUT2D eigenvalue weighted by Crippen LogP contribution is 2.40. The summed E-state index contributed by atoms with van der Waals surface area (Å²) in [5.41, 5.74) is 3.03. The van der Waals surface area contributed by atoms with E-state index in [-0.39, 0.29) is 5.78 Å². The van der Waals surface area contributed by atoms with Crippen LogP contribution in [-0.4, -0.2) is 25.1 Å². The summed E-state index contributed by atoms with van der Waals surface area (Å²) in [6.45, 7) is 1.55. The van der Waals surface area contributed by atoms with Crippen molar-refractivity contribution < 1.29 is 14.3 Å². The van der Waals surface area contributed by atoms with Crippen molar-refractivity contribution >= 4 is 44.7 Å². The summed E-state index contributed by atoms with van der Waals surface area (Å²) in [5.74, 6) is 1.12. The number of nitrogens with one attached hydrogen (secondary N) is 2. The molecule has 0 aromatic heterocycles. The van der Waals surface area contributed by atoms with Crippen LogP contribution in [0.25, 0.3) is 5.70 Å². The van der Waals surface area contributed by atoms with Crippen LogP contribution in [0.5, 0.6) is 11.5 Å². The molecule has 1 heterocycles. The Balaban J connectivity index is 2.22. The molecule has 2 aromatic rings. The monoisotopic (exact) mass is 446 g/mol. The highest BCUT2D eigenvalue weighted by atomic mass is 79.9. The first-order valence-electron chi connectivity index (χ1n) is 8.25. The summed E-state index contributed by atoms with van der Waals surface area (Å²) in [5, 5.41) is 6.80. The van der Waals surface area contributed by atoms with Crippen molar-refractivity contribution in [2.75, 3.05) is 14.2 Å². The van der Waals surface area contributed by atoms with Crippen LogP contribution in [0.2, 0.25) is 0 Å². The number of Topliss-reactive ketones (excluding diaryl/α,β-unsaturated/α-hetero) is 1. The highest BCUT2D eigenvalue weighted by Gasteiger charge is 2.32. The number of carbonyl (C=O) groups excluding carboxylic acids is 1. The second-order valence-electron chi connectivity index (χ2n) is 5.97. The van der Waals surface area contributed by atoms with Gasteiger partial charge in [0.25, 0.3) is 0 Å². The van der Waals surface area contributed by atoms with E-state index in [0.29, 0.717) is 27.9 Å². The van der Waals surface area contributed by atoms with E-state index in [9.17, 15) is 4.79 Å². The van der Waals surface area contributed by atoms with E-state index in [2.05, 4.69) is 26.6 Å². The number of benzene rings is 2. The van der Waals surface area contributed by atoms with Crippen LogP contribution in [0.3, 0.4) is 0 Å². The first kappa shape index (κ1) is 19.4. The Morgan fingerprint density at radius 3 is 2.33 bits per heavy atom. The Kier molecular flexibility index (Phi) is 5.82. The smallest absolute Gasteiger partial charge is 0.171 e. The zero-order valence-electron chi connectivity index (χ0n) is 15.1. The third kappa shape index (κ3) is 3.84. The summed E-state index contributed by atoms with van der Waals surface area (Å²) < 4.78 is 11.6. The predicted molar refractivity (Wildman–Crippen MR) is 113 cm³/mol. The van der Waals surface area contributed by atoms with Crippen molar-refractivity contribution in [3.63, 3.8) is 0 Å². The Labute approximate surface area is 171 Å². The minimum Gasteiger partial charge on any atom is -0.493 e. The lowest BCUT2D eigenvalue weighted by Gasteiger charge is -2.32. The lowest BCUT2D eigenvalue weighted by molar-refractivity contribution is -0.113. The quantitative estimate of drug-likeness (QED) is 0.677. The standard InChI is InChI=1S/C20H19BrN2O3S/c1-11(24)17-18(12-7-5-4-6-8-12)22-20(27)23-19(17)13-9-15(25-2)16(26-3)10-14(13)21/h4-10,19H,1-3H3,(H2,22,23,27). The van der Waals surface area contributed by atoms with Gasteiger partial charge >= 0.3 is 0 Å². The highest BCUT2D eigenvalue weighted by molar-refractivity contribution is 9.10. The zero-order valence-corrected chi connectivity index (χ0v) is 17.5. The Hall–Kier alpha value is -2.38. The molecule has 0 saturated carbocycles. The van der Waals surface area contributed by atoms with Gasteiger partial charge in [-0.3, -0.25) is 4.79 Å². The van der Waals surface area contributed by atoms with Gasteiger partial charge in [0.2, 0.25) is 0 Å². The fourth-order valence-electron chi connectivity index (χ4n) is 3.10. The number of ether oxygens (including phenoxy) is 2. The molecule has 2 aromatic carbocycles. The molecule has 140 valence electrons. The number of rotatable bonds is 5. The molecule has 2 N–H and O–H groups in total. The van der Waals surface area contributed by atoms with E-state index in [4.69, 9.17) is 21.7 Å². The first-order valence-corrected chi connectivity index (χ1v) is 9.45.